The molecule has 1 saturated carbocycles. The van der Waals surface area contributed by atoms with Crippen molar-refractivity contribution in [3.8, 4) is 22.8 Å². The monoisotopic (exact) mass is 407 g/mol. The highest BCUT2D eigenvalue weighted by Crippen LogP contribution is 2.52. The summed E-state index contributed by atoms with van der Waals surface area (Å²) in [5, 5.41) is 0. The number of hydrogen-bond acceptors (Lipinski definition) is 4. The van der Waals surface area contributed by atoms with Gasteiger partial charge in [0.1, 0.15) is 5.78 Å². The van der Waals surface area contributed by atoms with Crippen molar-refractivity contribution in [1.82, 2.24) is 4.98 Å². The molecule has 0 atom stereocenters. The summed E-state index contributed by atoms with van der Waals surface area (Å²) in [5.41, 5.74) is 3.61. The molecule has 30 heavy (non-hydrogen) atoms. The second-order valence-electron chi connectivity index (χ2n) is 7.85. The summed E-state index contributed by atoms with van der Waals surface area (Å²) in [6, 6.07) is 18.3. The van der Waals surface area contributed by atoms with E-state index in [1.165, 1.54) is 12.1 Å². The van der Waals surface area contributed by atoms with E-state index < -0.39 is 11.7 Å². The van der Waals surface area contributed by atoms with Crippen molar-refractivity contribution in [2.45, 2.75) is 37.9 Å². The zero-order valence-corrected chi connectivity index (χ0v) is 16.3. The number of aryl methyl sites for hydroxylation is 1. The van der Waals surface area contributed by atoms with Crippen molar-refractivity contribution in [1.29, 1.82) is 0 Å². The van der Waals surface area contributed by atoms with Crippen LogP contribution in [0.5, 0.6) is 11.5 Å². The van der Waals surface area contributed by atoms with Gasteiger partial charge in [0.05, 0.1) is 11.1 Å². The van der Waals surface area contributed by atoms with E-state index in [1.54, 1.807) is 6.07 Å². The van der Waals surface area contributed by atoms with Crippen LogP contribution in [0.15, 0.2) is 60.7 Å². The van der Waals surface area contributed by atoms with Gasteiger partial charge in [0.25, 0.3) is 0 Å². The van der Waals surface area contributed by atoms with Crippen LogP contribution in [0.3, 0.4) is 0 Å². The second kappa shape index (κ2) is 6.62. The van der Waals surface area contributed by atoms with Gasteiger partial charge >= 0.3 is 6.29 Å². The van der Waals surface area contributed by atoms with Gasteiger partial charge in [-0.1, -0.05) is 42.5 Å². The van der Waals surface area contributed by atoms with E-state index in [9.17, 15) is 13.6 Å². The van der Waals surface area contributed by atoms with Crippen molar-refractivity contribution < 1.29 is 23.0 Å². The van der Waals surface area contributed by atoms with E-state index in [0.717, 1.165) is 16.8 Å². The maximum Gasteiger partial charge on any atom is 0.586 e. The Morgan fingerprint density at radius 3 is 2.47 bits per heavy atom. The van der Waals surface area contributed by atoms with Crippen LogP contribution in [0.1, 0.15) is 29.7 Å². The average Bonchev–Trinajstić information content (AvgIpc) is 3.47. The third-order valence-electron chi connectivity index (χ3n) is 5.78. The number of Topliss-reactive ketones (excluding diaryl/α,β-unsaturated/α-hetero) is 1. The highest BCUT2D eigenvalue weighted by molar-refractivity contribution is 5.94. The van der Waals surface area contributed by atoms with Gasteiger partial charge in [-0.3, -0.25) is 9.78 Å². The summed E-state index contributed by atoms with van der Waals surface area (Å²) in [5.74, 6) is -0.0143. The number of aromatic nitrogens is 1. The van der Waals surface area contributed by atoms with Gasteiger partial charge in [-0.15, -0.1) is 8.78 Å². The van der Waals surface area contributed by atoms with Crippen molar-refractivity contribution in [2.24, 2.45) is 0 Å². The fourth-order valence-electron chi connectivity index (χ4n) is 3.99. The number of benzene rings is 2. The minimum atomic E-state index is -3.67. The molecule has 152 valence electrons. The number of rotatable bonds is 5. The molecule has 2 heterocycles. The number of ether oxygens (including phenoxy) is 2. The third-order valence-corrected chi connectivity index (χ3v) is 5.78. The van der Waals surface area contributed by atoms with Crippen LogP contribution in [0.4, 0.5) is 8.78 Å². The van der Waals surface area contributed by atoms with Crippen molar-refractivity contribution in [3.05, 3.63) is 77.5 Å². The number of carbonyl (C=O) groups is 1. The third kappa shape index (κ3) is 3.22. The lowest BCUT2D eigenvalue weighted by Gasteiger charge is -2.15. The van der Waals surface area contributed by atoms with Crippen LogP contribution in [-0.4, -0.2) is 17.1 Å². The predicted molar refractivity (Wildman–Crippen MR) is 107 cm³/mol. The molecule has 0 radical (unpaired) electrons. The average molecular weight is 407 g/mol. The van der Waals surface area contributed by atoms with Gasteiger partial charge in [0.2, 0.25) is 0 Å². The first kappa shape index (κ1) is 18.7. The predicted octanol–water partition coefficient (Wildman–Crippen LogP) is 5.22. The highest BCUT2D eigenvalue weighted by Gasteiger charge is 2.52. The molecule has 0 N–H and O–H groups in total. The molecule has 3 aromatic rings. The Bertz CT molecular complexity index is 1140. The largest absolute Gasteiger partial charge is 0.586 e. The molecule has 4 nitrogen and oxygen atoms in total. The van der Waals surface area contributed by atoms with Crippen LogP contribution in [-0.2, 0) is 16.6 Å². The summed E-state index contributed by atoms with van der Waals surface area (Å²) >= 11 is 0. The Kier molecular flexibility index (Phi) is 4.13. The number of carbonyl (C=O) groups excluding carboxylic acids is 1. The minimum Gasteiger partial charge on any atom is -0.395 e. The summed E-state index contributed by atoms with van der Waals surface area (Å²) in [4.78, 5) is 17.9. The molecule has 2 aliphatic rings. The Balaban J connectivity index is 1.40. The zero-order valence-electron chi connectivity index (χ0n) is 16.3. The fourth-order valence-corrected chi connectivity index (χ4v) is 3.99. The molecule has 1 fully saturated rings. The van der Waals surface area contributed by atoms with Crippen LogP contribution < -0.4 is 9.47 Å². The molecular weight excluding hydrogens is 388 g/mol. The van der Waals surface area contributed by atoms with Crippen LogP contribution in [0.2, 0.25) is 0 Å². The van der Waals surface area contributed by atoms with E-state index in [2.05, 4.69) is 9.47 Å². The van der Waals surface area contributed by atoms with Crippen molar-refractivity contribution >= 4 is 5.78 Å². The smallest absolute Gasteiger partial charge is 0.395 e. The summed E-state index contributed by atoms with van der Waals surface area (Å²) in [6.07, 6.45) is -2.12. The Hall–Kier alpha value is -3.28. The lowest BCUT2D eigenvalue weighted by Crippen LogP contribution is -2.26. The van der Waals surface area contributed by atoms with E-state index in [4.69, 9.17) is 4.98 Å². The highest BCUT2D eigenvalue weighted by atomic mass is 19.3. The lowest BCUT2D eigenvalue weighted by molar-refractivity contribution is -0.286. The molecule has 1 aliphatic carbocycles. The number of pyridine rings is 1. The quantitative estimate of drug-likeness (QED) is 0.582. The van der Waals surface area contributed by atoms with E-state index >= 15 is 0 Å². The van der Waals surface area contributed by atoms with Gasteiger partial charge in [-0.05, 0) is 49.1 Å². The van der Waals surface area contributed by atoms with Crippen molar-refractivity contribution in [2.75, 3.05) is 0 Å². The molecule has 0 saturated heterocycles. The number of halogens is 2. The molecule has 1 aliphatic heterocycles. The summed E-state index contributed by atoms with van der Waals surface area (Å²) in [6.45, 7) is 1.99. The van der Waals surface area contributed by atoms with Gasteiger partial charge in [-0.2, -0.15) is 0 Å². The van der Waals surface area contributed by atoms with E-state index in [0.29, 0.717) is 24.1 Å². The fraction of sp³-hybridized carbons (Fsp3) is 0.250. The first-order valence-electron chi connectivity index (χ1n) is 9.82. The molecule has 2 aromatic carbocycles. The number of nitrogens with zero attached hydrogens (tertiary/aromatic N) is 1. The van der Waals surface area contributed by atoms with Crippen molar-refractivity contribution in [3.63, 3.8) is 0 Å². The van der Waals surface area contributed by atoms with Gasteiger partial charge < -0.3 is 9.47 Å². The molecule has 1 aromatic heterocycles. The van der Waals surface area contributed by atoms with Crippen LogP contribution in [0.25, 0.3) is 11.3 Å². The number of ketones is 1. The SMILES string of the molecule is Cc1ccc(CC(=O)C2(c3ccc4c(c3)OC(F)(F)O4)CC2)nc1-c1ccccc1. The Morgan fingerprint density at radius 1 is 1.00 bits per heavy atom. The normalized spacial score (nSPS) is 17.6. The number of fused-ring (bicyclic) bond motifs is 1. The van der Waals surface area contributed by atoms with Crippen LogP contribution in [0, 0.1) is 6.92 Å². The van der Waals surface area contributed by atoms with Crippen LogP contribution >= 0.6 is 0 Å². The molecule has 0 bridgehead atoms. The minimum absolute atomic E-state index is 0.0142. The Labute approximate surface area is 172 Å². The topological polar surface area (TPSA) is 48.4 Å². The molecule has 0 amide bonds. The molecular formula is C24H19F2NO3. The maximum atomic E-state index is 13.3. The maximum absolute atomic E-state index is 13.3. The molecule has 0 spiro atoms. The van der Waals surface area contributed by atoms with Gasteiger partial charge in [0, 0.05) is 17.7 Å². The first-order chi connectivity index (χ1) is 14.4. The summed E-state index contributed by atoms with van der Waals surface area (Å²) in [7, 11) is 0. The molecule has 0 unspecified atom stereocenters. The standard InChI is InChI=1S/C24H19F2NO3/c1-15-7-9-18(27-22(15)16-5-3-2-4-6-16)14-21(28)23(11-12-23)17-8-10-19-20(13-17)30-24(25,26)29-19/h2-10,13H,11-12,14H2,1H3. The van der Waals surface area contributed by atoms with Gasteiger partial charge in [0.15, 0.2) is 11.5 Å². The second-order valence-corrected chi connectivity index (χ2v) is 7.85. The zero-order chi connectivity index (χ0) is 20.9. The molecule has 5 rings (SSSR count). The van der Waals surface area contributed by atoms with Gasteiger partial charge in [-0.25, -0.2) is 0 Å². The number of alkyl halides is 2. The van der Waals surface area contributed by atoms with E-state index in [-0.39, 0.29) is 23.7 Å². The lowest BCUT2D eigenvalue weighted by atomic mass is 9.88. The van der Waals surface area contributed by atoms with E-state index in [1.807, 2.05) is 49.4 Å². The summed E-state index contributed by atoms with van der Waals surface area (Å²) < 4.78 is 35.6. The Morgan fingerprint density at radius 2 is 1.73 bits per heavy atom. The number of hydrogen-bond donors (Lipinski definition) is 0. The molecule has 6 heteroatoms. The first-order valence-corrected chi connectivity index (χ1v) is 9.82.